The summed E-state index contributed by atoms with van der Waals surface area (Å²) in [4.78, 5) is 22.2. The van der Waals surface area contributed by atoms with Crippen LogP contribution in [0, 0.1) is 5.92 Å². The molecule has 0 bridgehead atoms. The van der Waals surface area contributed by atoms with Crippen LogP contribution in [0.25, 0.3) is 0 Å². The average molecular weight is 237 g/mol. The van der Waals surface area contributed by atoms with E-state index in [1.165, 1.54) is 7.11 Å². The van der Waals surface area contributed by atoms with Gasteiger partial charge in [-0.1, -0.05) is 6.42 Å². The van der Waals surface area contributed by atoms with E-state index in [-0.39, 0.29) is 36.8 Å². The number of nitrogens with two attached hydrogens (primary N) is 1. The SMILES string of the molecule is COC(=O)CNC(=O)C1CCCC1N.Cl. The average Bonchev–Trinajstić information content (AvgIpc) is 2.60. The van der Waals surface area contributed by atoms with Crippen molar-refractivity contribution in [3.63, 3.8) is 0 Å². The molecule has 1 saturated carbocycles. The standard InChI is InChI=1S/C9H16N2O3.ClH/c1-14-8(12)5-11-9(13)6-3-2-4-7(6)10;/h6-7H,2-5,10H2,1H3,(H,11,13);1H. The Morgan fingerprint density at radius 2 is 2.13 bits per heavy atom. The van der Waals surface area contributed by atoms with Gasteiger partial charge >= 0.3 is 5.97 Å². The third kappa shape index (κ3) is 4.05. The smallest absolute Gasteiger partial charge is 0.325 e. The fraction of sp³-hybridized carbons (Fsp3) is 0.778. The van der Waals surface area contributed by atoms with Gasteiger partial charge in [0.2, 0.25) is 5.91 Å². The highest BCUT2D eigenvalue weighted by Gasteiger charge is 2.30. The molecular weight excluding hydrogens is 220 g/mol. The summed E-state index contributed by atoms with van der Waals surface area (Å²) in [5.41, 5.74) is 5.74. The van der Waals surface area contributed by atoms with Gasteiger partial charge in [-0.2, -0.15) is 0 Å². The number of hydrogen-bond acceptors (Lipinski definition) is 4. The van der Waals surface area contributed by atoms with Crippen LogP contribution in [0.1, 0.15) is 19.3 Å². The topological polar surface area (TPSA) is 81.4 Å². The Labute approximate surface area is 95.1 Å². The van der Waals surface area contributed by atoms with Crippen molar-refractivity contribution >= 4 is 24.3 Å². The minimum Gasteiger partial charge on any atom is -0.468 e. The number of carbonyl (C=O) groups is 2. The van der Waals surface area contributed by atoms with Crippen LogP contribution >= 0.6 is 12.4 Å². The van der Waals surface area contributed by atoms with Gasteiger partial charge in [-0.25, -0.2) is 0 Å². The Hall–Kier alpha value is -0.810. The molecule has 0 aliphatic heterocycles. The molecule has 15 heavy (non-hydrogen) atoms. The molecule has 0 aromatic heterocycles. The van der Waals surface area contributed by atoms with Crippen molar-refractivity contribution in [1.29, 1.82) is 0 Å². The molecule has 1 aliphatic carbocycles. The largest absolute Gasteiger partial charge is 0.468 e. The highest BCUT2D eigenvalue weighted by atomic mass is 35.5. The maximum atomic E-state index is 11.5. The maximum Gasteiger partial charge on any atom is 0.325 e. The molecule has 3 N–H and O–H groups in total. The van der Waals surface area contributed by atoms with Gasteiger partial charge in [0, 0.05) is 6.04 Å². The van der Waals surface area contributed by atoms with Crippen molar-refractivity contribution in [3.8, 4) is 0 Å². The molecule has 1 fully saturated rings. The number of nitrogens with one attached hydrogen (secondary N) is 1. The first-order chi connectivity index (χ1) is 6.65. The van der Waals surface area contributed by atoms with Crippen LogP contribution in [0.15, 0.2) is 0 Å². The zero-order chi connectivity index (χ0) is 10.6. The summed E-state index contributed by atoms with van der Waals surface area (Å²) in [6.45, 7) is -0.0709. The van der Waals surface area contributed by atoms with E-state index >= 15 is 0 Å². The Bertz CT molecular complexity index is 235. The van der Waals surface area contributed by atoms with Crippen LogP contribution in [0.3, 0.4) is 0 Å². The van der Waals surface area contributed by atoms with E-state index in [0.29, 0.717) is 0 Å². The normalized spacial score (nSPS) is 24.1. The van der Waals surface area contributed by atoms with Crippen molar-refractivity contribution in [2.45, 2.75) is 25.3 Å². The molecule has 5 nitrogen and oxygen atoms in total. The van der Waals surface area contributed by atoms with Crippen molar-refractivity contribution in [2.24, 2.45) is 11.7 Å². The molecule has 6 heteroatoms. The van der Waals surface area contributed by atoms with Crippen molar-refractivity contribution in [1.82, 2.24) is 5.32 Å². The first-order valence-electron chi connectivity index (χ1n) is 4.75. The summed E-state index contributed by atoms with van der Waals surface area (Å²) in [6.07, 6.45) is 2.68. The fourth-order valence-electron chi connectivity index (χ4n) is 1.68. The van der Waals surface area contributed by atoms with Crippen molar-refractivity contribution < 1.29 is 14.3 Å². The number of halogens is 1. The van der Waals surface area contributed by atoms with E-state index in [0.717, 1.165) is 19.3 Å². The fourth-order valence-corrected chi connectivity index (χ4v) is 1.68. The van der Waals surface area contributed by atoms with Crippen LogP contribution < -0.4 is 11.1 Å². The highest BCUT2D eigenvalue weighted by Crippen LogP contribution is 2.23. The molecule has 2 unspecified atom stereocenters. The van der Waals surface area contributed by atoms with E-state index in [4.69, 9.17) is 5.73 Å². The molecule has 1 rings (SSSR count). The molecule has 1 amide bonds. The van der Waals surface area contributed by atoms with Gasteiger partial charge in [0.25, 0.3) is 0 Å². The molecule has 0 heterocycles. The molecule has 2 atom stereocenters. The van der Waals surface area contributed by atoms with Crippen molar-refractivity contribution in [3.05, 3.63) is 0 Å². The lowest BCUT2D eigenvalue weighted by atomic mass is 10.0. The van der Waals surface area contributed by atoms with E-state index in [1.807, 2.05) is 0 Å². The van der Waals surface area contributed by atoms with Crippen LogP contribution in [0.5, 0.6) is 0 Å². The van der Waals surface area contributed by atoms with E-state index in [2.05, 4.69) is 10.1 Å². The molecule has 1 aliphatic rings. The summed E-state index contributed by atoms with van der Waals surface area (Å²) in [5.74, 6) is -0.718. The molecule has 0 aromatic carbocycles. The van der Waals surface area contributed by atoms with E-state index in [1.54, 1.807) is 0 Å². The molecular formula is C9H17ClN2O3. The predicted octanol–water partition coefficient (Wildman–Crippen LogP) is -0.175. The van der Waals surface area contributed by atoms with Crippen LogP contribution in [0.4, 0.5) is 0 Å². The minimum atomic E-state index is -0.440. The van der Waals surface area contributed by atoms with Gasteiger partial charge in [-0.15, -0.1) is 12.4 Å². The second-order valence-corrected chi connectivity index (χ2v) is 3.50. The Morgan fingerprint density at radius 1 is 1.47 bits per heavy atom. The van der Waals surface area contributed by atoms with Crippen molar-refractivity contribution in [2.75, 3.05) is 13.7 Å². The lowest BCUT2D eigenvalue weighted by Crippen LogP contribution is -2.40. The van der Waals surface area contributed by atoms with Gasteiger partial charge in [0.15, 0.2) is 0 Å². The number of rotatable bonds is 3. The molecule has 88 valence electrons. The minimum absolute atomic E-state index is 0. The Morgan fingerprint density at radius 3 is 2.60 bits per heavy atom. The lowest BCUT2D eigenvalue weighted by molar-refractivity contribution is -0.141. The number of hydrogen-bond donors (Lipinski definition) is 2. The first kappa shape index (κ1) is 14.2. The van der Waals surface area contributed by atoms with Gasteiger partial charge in [-0.3, -0.25) is 9.59 Å². The van der Waals surface area contributed by atoms with E-state index < -0.39 is 5.97 Å². The number of amides is 1. The highest BCUT2D eigenvalue weighted by molar-refractivity contribution is 5.85. The van der Waals surface area contributed by atoms with Gasteiger partial charge in [0.1, 0.15) is 6.54 Å². The molecule has 0 aromatic rings. The Kier molecular flexibility index (Phi) is 6.27. The zero-order valence-corrected chi connectivity index (χ0v) is 9.51. The van der Waals surface area contributed by atoms with Crippen LogP contribution in [-0.2, 0) is 14.3 Å². The maximum absolute atomic E-state index is 11.5. The van der Waals surface area contributed by atoms with Gasteiger partial charge in [-0.05, 0) is 12.8 Å². The third-order valence-corrected chi connectivity index (χ3v) is 2.54. The summed E-state index contributed by atoms with van der Waals surface area (Å²) in [5, 5.41) is 2.51. The zero-order valence-electron chi connectivity index (χ0n) is 8.69. The van der Waals surface area contributed by atoms with Crippen LogP contribution in [-0.4, -0.2) is 31.6 Å². The third-order valence-electron chi connectivity index (χ3n) is 2.54. The molecule has 0 saturated heterocycles. The lowest BCUT2D eigenvalue weighted by Gasteiger charge is -2.14. The monoisotopic (exact) mass is 236 g/mol. The van der Waals surface area contributed by atoms with Gasteiger partial charge in [0.05, 0.1) is 13.0 Å². The molecule has 0 radical (unpaired) electrons. The second-order valence-electron chi connectivity index (χ2n) is 3.50. The number of ether oxygens (including phenoxy) is 1. The predicted molar refractivity (Wildman–Crippen MR) is 57.6 cm³/mol. The number of methoxy groups -OCH3 is 1. The number of esters is 1. The van der Waals surface area contributed by atoms with Gasteiger partial charge < -0.3 is 15.8 Å². The first-order valence-corrected chi connectivity index (χ1v) is 4.75. The Balaban J connectivity index is 0.00000196. The molecule has 0 spiro atoms. The quantitative estimate of drug-likeness (QED) is 0.667. The second kappa shape index (κ2) is 6.63. The summed E-state index contributed by atoms with van der Waals surface area (Å²) in [6, 6.07) is -0.0624. The summed E-state index contributed by atoms with van der Waals surface area (Å²) >= 11 is 0. The van der Waals surface area contributed by atoms with Crippen LogP contribution in [0.2, 0.25) is 0 Å². The summed E-state index contributed by atoms with van der Waals surface area (Å²) < 4.78 is 4.41. The van der Waals surface area contributed by atoms with E-state index in [9.17, 15) is 9.59 Å². The summed E-state index contributed by atoms with van der Waals surface area (Å²) in [7, 11) is 1.29. The number of carbonyl (C=O) groups excluding carboxylic acids is 2.